The molecule has 0 amide bonds. The number of ether oxygens (including phenoxy) is 5. The van der Waals surface area contributed by atoms with Crippen LogP contribution in [0.3, 0.4) is 0 Å². The Morgan fingerprint density at radius 1 is 1.00 bits per heavy atom. The van der Waals surface area contributed by atoms with E-state index in [1.165, 1.54) is 6.08 Å². The summed E-state index contributed by atoms with van der Waals surface area (Å²) in [5.41, 5.74) is 2.42. The summed E-state index contributed by atoms with van der Waals surface area (Å²) >= 11 is 0. The van der Waals surface area contributed by atoms with Crippen molar-refractivity contribution in [1.82, 2.24) is 0 Å². The minimum Gasteiger partial charge on any atom is -0.496 e. The summed E-state index contributed by atoms with van der Waals surface area (Å²) in [4.78, 5) is 12.5. The zero-order valence-electron chi connectivity index (χ0n) is 20.0. The summed E-state index contributed by atoms with van der Waals surface area (Å²) in [6, 6.07) is 11.7. The largest absolute Gasteiger partial charge is 0.496 e. The van der Waals surface area contributed by atoms with Crippen LogP contribution in [0.2, 0.25) is 0 Å². The highest BCUT2D eigenvalue weighted by Gasteiger charge is 2.20. The number of hydrogen-bond donors (Lipinski definition) is 0. The Bertz CT molecular complexity index is 1220. The second-order valence-corrected chi connectivity index (χ2v) is 7.37. The molecule has 174 valence electrons. The molecule has 0 heterocycles. The Morgan fingerprint density at radius 3 is 2.42 bits per heavy atom. The molecule has 0 aliphatic rings. The van der Waals surface area contributed by atoms with Crippen LogP contribution < -0.4 is 14.2 Å². The fraction of sp³-hybridized carbons (Fsp3) is 0.296. The first kappa shape index (κ1) is 24.1. The number of fused-ring (bicyclic) bond motifs is 2. The van der Waals surface area contributed by atoms with Gasteiger partial charge in [0.2, 0.25) is 0 Å². The number of rotatable bonds is 9. The molecule has 6 heteroatoms. The van der Waals surface area contributed by atoms with E-state index < -0.39 is 5.97 Å². The van der Waals surface area contributed by atoms with Gasteiger partial charge < -0.3 is 23.7 Å². The van der Waals surface area contributed by atoms with Gasteiger partial charge in [-0.05, 0) is 72.5 Å². The molecule has 3 aromatic carbocycles. The van der Waals surface area contributed by atoms with Crippen LogP contribution in [0, 0.1) is 0 Å². The third-order valence-corrected chi connectivity index (χ3v) is 5.43. The molecule has 0 aliphatic heterocycles. The van der Waals surface area contributed by atoms with Crippen molar-refractivity contribution in [2.75, 3.05) is 34.7 Å². The molecule has 3 aromatic rings. The highest BCUT2D eigenvalue weighted by Crippen LogP contribution is 2.45. The lowest BCUT2D eigenvalue weighted by Crippen LogP contribution is -2.04. The molecule has 0 aliphatic carbocycles. The molecule has 3 rings (SSSR count). The van der Waals surface area contributed by atoms with Gasteiger partial charge in [-0.3, -0.25) is 0 Å². The average Bonchev–Trinajstić information content (AvgIpc) is 2.83. The molecule has 0 spiro atoms. The first-order chi connectivity index (χ1) is 16.0. The molecule has 33 heavy (non-hydrogen) atoms. The van der Waals surface area contributed by atoms with Crippen molar-refractivity contribution >= 4 is 33.1 Å². The lowest BCUT2D eigenvalue weighted by Gasteiger charge is -2.19. The van der Waals surface area contributed by atoms with Gasteiger partial charge in [-0.25, -0.2) is 4.79 Å². The quantitative estimate of drug-likeness (QED) is 0.133. The maximum atomic E-state index is 12.5. The monoisotopic (exact) mass is 450 g/mol. The zero-order valence-corrected chi connectivity index (χ0v) is 20.0. The van der Waals surface area contributed by atoms with E-state index in [-0.39, 0.29) is 6.79 Å². The van der Waals surface area contributed by atoms with Gasteiger partial charge in [0, 0.05) is 18.6 Å². The SMILES string of the molecule is C/C=C(C)/C(=C/C(=O)OCC)c1cc(OCOC)cc2cc3cccc(OC)c3c(OC)c12. The predicted octanol–water partition coefficient (Wildman–Crippen LogP) is 5.91. The minimum absolute atomic E-state index is 0.100. The van der Waals surface area contributed by atoms with E-state index in [0.29, 0.717) is 23.9 Å². The van der Waals surface area contributed by atoms with Gasteiger partial charge in [0.1, 0.15) is 17.2 Å². The summed E-state index contributed by atoms with van der Waals surface area (Å²) in [6.45, 7) is 6.05. The van der Waals surface area contributed by atoms with Gasteiger partial charge in [-0.2, -0.15) is 0 Å². The molecule has 0 N–H and O–H groups in total. The molecule has 0 bridgehead atoms. The van der Waals surface area contributed by atoms with Crippen LogP contribution in [-0.2, 0) is 14.3 Å². The molecule has 0 radical (unpaired) electrons. The van der Waals surface area contributed by atoms with E-state index in [1.54, 1.807) is 28.3 Å². The molecule has 0 saturated heterocycles. The standard InChI is InChI=1S/C27H30O6/c1-7-17(3)21(15-24(28)32-8-2)22-14-20(33-16-29-4)13-19-12-18-10-9-11-23(30-5)26(18)27(31-6)25(19)22/h7,9-15H,8,16H2,1-6H3/b17-7+,21-15-. The third-order valence-electron chi connectivity index (χ3n) is 5.43. The van der Waals surface area contributed by atoms with E-state index in [1.807, 2.05) is 50.3 Å². The number of hydrogen-bond acceptors (Lipinski definition) is 6. The van der Waals surface area contributed by atoms with Gasteiger partial charge in [0.25, 0.3) is 0 Å². The first-order valence-corrected chi connectivity index (χ1v) is 10.7. The summed E-state index contributed by atoms with van der Waals surface area (Å²) in [7, 11) is 4.84. The number of carbonyl (C=O) groups is 1. The van der Waals surface area contributed by atoms with Crippen molar-refractivity contribution in [3.05, 3.63) is 59.7 Å². The topological polar surface area (TPSA) is 63.2 Å². The number of carbonyl (C=O) groups excluding carboxylic acids is 1. The Balaban J connectivity index is 2.48. The van der Waals surface area contributed by atoms with Gasteiger partial charge >= 0.3 is 5.97 Å². The fourth-order valence-electron chi connectivity index (χ4n) is 3.87. The smallest absolute Gasteiger partial charge is 0.331 e. The van der Waals surface area contributed by atoms with Crippen molar-refractivity contribution in [2.45, 2.75) is 20.8 Å². The molecule has 0 aromatic heterocycles. The number of esters is 1. The van der Waals surface area contributed by atoms with E-state index in [4.69, 9.17) is 23.7 Å². The van der Waals surface area contributed by atoms with Crippen molar-refractivity contribution in [3.63, 3.8) is 0 Å². The van der Waals surface area contributed by atoms with E-state index in [9.17, 15) is 4.79 Å². The molecule has 0 saturated carbocycles. The van der Waals surface area contributed by atoms with Crippen LogP contribution in [0.25, 0.3) is 27.1 Å². The normalized spacial score (nSPS) is 12.2. The fourth-order valence-corrected chi connectivity index (χ4v) is 3.87. The second-order valence-electron chi connectivity index (χ2n) is 7.37. The Morgan fingerprint density at radius 2 is 1.79 bits per heavy atom. The number of allylic oxidation sites excluding steroid dienone is 3. The zero-order chi connectivity index (χ0) is 24.0. The molecule has 0 atom stereocenters. The lowest BCUT2D eigenvalue weighted by atomic mass is 9.90. The van der Waals surface area contributed by atoms with Crippen LogP contribution in [0.5, 0.6) is 17.2 Å². The average molecular weight is 451 g/mol. The molecule has 0 unspecified atom stereocenters. The Kier molecular flexibility index (Phi) is 7.96. The van der Waals surface area contributed by atoms with Crippen molar-refractivity contribution in [3.8, 4) is 17.2 Å². The maximum absolute atomic E-state index is 12.5. The highest BCUT2D eigenvalue weighted by molar-refractivity contribution is 6.13. The predicted molar refractivity (Wildman–Crippen MR) is 131 cm³/mol. The van der Waals surface area contributed by atoms with Crippen molar-refractivity contribution in [2.24, 2.45) is 0 Å². The summed E-state index contributed by atoms with van der Waals surface area (Å²) < 4.78 is 27.7. The van der Waals surface area contributed by atoms with Crippen molar-refractivity contribution < 1.29 is 28.5 Å². The van der Waals surface area contributed by atoms with E-state index in [2.05, 4.69) is 6.07 Å². The van der Waals surface area contributed by atoms with Crippen LogP contribution in [0.15, 0.2) is 54.1 Å². The highest BCUT2D eigenvalue weighted by atomic mass is 16.7. The van der Waals surface area contributed by atoms with Crippen molar-refractivity contribution in [1.29, 1.82) is 0 Å². The maximum Gasteiger partial charge on any atom is 0.331 e. The molecular formula is C27H30O6. The minimum atomic E-state index is -0.414. The number of methoxy groups -OCH3 is 3. The van der Waals surface area contributed by atoms with Gasteiger partial charge in [0.15, 0.2) is 6.79 Å². The van der Waals surface area contributed by atoms with Gasteiger partial charge in [-0.15, -0.1) is 0 Å². The van der Waals surface area contributed by atoms with Gasteiger partial charge in [-0.1, -0.05) is 18.2 Å². The number of benzene rings is 3. The van der Waals surface area contributed by atoms with Crippen LogP contribution >= 0.6 is 0 Å². The van der Waals surface area contributed by atoms with Crippen LogP contribution in [0.1, 0.15) is 26.3 Å². The van der Waals surface area contributed by atoms with Gasteiger partial charge in [0.05, 0.1) is 26.2 Å². The van der Waals surface area contributed by atoms with Crippen LogP contribution in [0.4, 0.5) is 0 Å². The second kappa shape index (κ2) is 10.9. The summed E-state index contributed by atoms with van der Waals surface area (Å²) in [6.07, 6.45) is 3.47. The molecule has 6 nitrogen and oxygen atoms in total. The summed E-state index contributed by atoms with van der Waals surface area (Å²) in [5, 5.41) is 3.56. The third kappa shape index (κ3) is 4.96. The Labute approximate surface area is 194 Å². The molecular weight excluding hydrogens is 420 g/mol. The molecule has 0 fully saturated rings. The van der Waals surface area contributed by atoms with Crippen LogP contribution in [-0.4, -0.2) is 40.7 Å². The van der Waals surface area contributed by atoms with E-state index in [0.717, 1.165) is 38.3 Å². The first-order valence-electron chi connectivity index (χ1n) is 10.7. The Hall–Kier alpha value is -3.51. The lowest BCUT2D eigenvalue weighted by molar-refractivity contribution is -0.137. The summed E-state index contributed by atoms with van der Waals surface area (Å²) in [5.74, 6) is 1.56. The van der Waals surface area contributed by atoms with E-state index >= 15 is 0 Å².